The summed E-state index contributed by atoms with van der Waals surface area (Å²) in [6.45, 7) is 2.60. The topological polar surface area (TPSA) is 46.3 Å². The molecular formula is C16H16BrClN2O. The van der Waals surface area contributed by atoms with Crippen molar-refractivity contribution < 1.29 is 4.79 Å². The van der Waals surface area contributed by atoms with E-state index in [0.717, 1.165) is 6.42 Å². The van der Waals surface area contributed by atoms with Gasteiger partial charge in [-0.05, 0) is 46.6 Å². The van der Waals surface area contributed by atoms with Crippen molar-refractivity contribution in [1.29, 1.82) is 0 Å². The Morgan fingerprint density at radius 3 is 2.62 bits per heavy atom. The van der Waals surface area contributed by atoms with Crippen molar-refractivity contribution >= 4 is 44.8 Å². The zero-order valence-electron chi connectivity index (χ0n) is 11.6. The highest BCUT2D eigenvalue weighted by Crippen LogP contribution is 2.30. The first-order chi connectivity index (χ1) is 10.1. The lowest BCUT2D eigenvalue weighted by molar-refractivity contribution is 0.0987. The molecule has 0 radical (unpaired) electrons. The normalized spacial score (nSPS) is 10.4. The van der Waals surface area contributed by atoms with Crippen LogP contribution in [0.5, 0.6) is 0 Å². The van der Waals surface area contributed by atoms with Crippen LogP contribution in [-0.4, -0.2) is 12.5 Å². The van der Waals surface area contributed by atoms with Crippen molar-refractivity contribution in [2.24, 2.45) is 0 Å². The minimum Gasteiger partial charge on any atom is -0.397 e. The number of halogens is 2. The second kappa shape index (κ2) is 6.96. The van der Waals surface area contributed by atoms with E-state index < -0.39 is 0 Å². The monoisotopic (exact) mass is 366 g/mol. The molecule has 0 saturated carbocycles. The lowest BCUT2D eigenvalue weighted by atomic mass is 10.1. The number of nitrogen functional groups attached to an aromatic ring is 1. The molecule has 2 rings (SSSR count). The molecule has 0 aromatic heterocycles. The standard InChI is InChI=1S/C16H16BrClN2O/c1-2-10-20(14-9-4-3-8-13(14)19)16(21)11-6-5-7-12(17)15(11)18/h3-9H,2,10,19H2,1H3. The highest BCUT2D eigenvalue weighted by atomic mass is 79.9. The van der Waals surface area contributed by atoms with Gasteiger partial charge in [0.2, 0.25) is 0 Å². The molecule has 0 atom stereocenters. The number of anilines is 2. The Hall–Kier alpha value is -1.52. The highest BCUT2D eigenvalue weighted by molar-refractivity contribution is 9.10. The lowest BCUT2D eigenvalue weighted by Gasteiger charge is -2.24. The summed E-state index contributed by atoms with van der Waals surface area (Å²) in [7, 11) is 0. The molecule has 0 aliphatic rings. The summed E-state index contributed by atoms with van der Waals surface area (Å²) in [5.74, 6) is -0.152. The van der Waals surface area contributed by atoms with Crippen LogP contribution in [0.3, 0.4) is 0 Å². The number of benzene rings is 2. The van der Waals surface area contributed by atoms with E-state index in [9.17, 15) is 4.79 Å². The highest BCUT2D eigenvalue weighted by Gasteiger charge is 2.21. The van der Waals surface area contributed by atoms with Crippen molar-refractivity contribution in [3.8, 4) is 0 Å². The average molecular weight is 368 g/mol. The van der Waals surface area contributed by atoms with E-state index in [1.165, 1.54) is 0 Å². The molecule has 0 aliphatic heterocycles. The van der Waals surface area contributed by atoms with Gasteiger partial charge in [0, 0.05) is 11.0 Å². The number of para-hydroxylation sites is 2. The quantitative estimate of drug-likeness (QED) is 0.793. The van der Waals surface area contributed by atoms with Crippen LogP contribution in [0.1, 0.15) is 23.7 Å². The summed E-state index contributed by atoms with van der Waals surface area (Å²) in [6.07, 6.45) is 0.825. The Morgan fingerprint density at radius 2 is 1.95 bits per heavy atom. The van der Waals surface area contributed by atoms with E-state index in [0.29, 0.717) is 33.0 Å². The third-order valence-electron chi connectivity index (χ3n) is 3.10. The maximum atomic E-state index is 12.8. The summed E-state index contributed by atoms with van der Waals surface area (Å²) in [5, 5.41) is 0.415. The molecule has 5 heteroatoms. The van der Waals surface area contributed by atoms with E-state index in [1.807, 2.05) is 25.1 Å². The van der Waals surface area contributed by atoms with Crippen LogP contribution in [0.15, 0.2) is 46.9 Å². The molecule has 110 valence electrons. The Labute approximate surface area is 137 Å². The molecule has 3 nitrogen and oxygen atoms in total. The van der Waals surface area contributed by atoms with Gasteiger partial charge >= 0.3 is 0 Å². The van der Waals surface area contributed by atoms with Crippen molar-refractivity contribution in [1.82, 2.24) is 0 Å². The van der Waals surface area contributed by atoms with Gasteiger partial charge in [-0.1, -0.05) is 36.7 Å². The summed E-state index contributed by atoms with van der Waals surface area (Å²) in [5.41, 5.74) is 7.74. The van der Waals surface area contributed by atoms with E-state index in [-0.39, 0.29) is 5.91 Å². The molecule has 0 unspecified atom stereocenters. The van der Waals surface area contributed by atoms with Gasteiger partial charge in [-0.25, -0.2) is 0 Å². The van der Waals surface area contributed by atoms with Gasteiger partial charge in [0.05, 0.1) is 22.0 Å². The zero-order valence-corrected chi connectivity index (χ0v) is 14.0. The van der Waals surface area contributed by atoms with Crippen LogP contribution >= 0.6 is 27.5 Å². The smallest absolute Gasteiger partial charge is 0.259 e. The number of nitrogens with two attached hydrogens (primary N) is 1. The van der Waals surface area contributed by atoms with Gasteiger partial charge in [-0.15, -0.1) is 0 Å². The molecule has 0 heterocycles. The fraction of sp³-hybridized carbons (Fsp3) is 0.188. The predicted octanol–water partition coefficient (Wildman–Crippen LogP) is 4.74. The Morgan fingerprint density at radius 1 is 1.24 bits per heavy atom. The average Bonchev–Trinajstić information content (AvgIpc) is 2.48. The van der Waals surface area contributed by atoms with Gasteiger partial charge in [0.1, 0.15) is 0 Å². The second-order valence-electron chi connectivity index (χ2n) is 4.62. The molecule has 0 saturated heterocycles. The number of hydrogen-bond acceptors (Lipinski definition) is 2. The molecular weight excluding hydrogens is 352 g/mol. The number of hydrogen-bond donors (Lipinski definition) is 1. The maximum absolute atomic E-state index is 12.8. The summed E-state index contributed by atoms with van der Waals surface area (Å²) < 4.78 is 0.701. The van der Waals surface area contributed by atoms with Crippen molar-refractivity contribution in [2.45, 2.75) is 13.3 Å². The summed E-state index contributed by atoms with van der Waals surface area (Å²) in [6, 6.07) is 12.7. The fourth-order valence-electron chi connectivity index (χ4n) is 2.10. The van der Waals surface area contributed by atoms with Crippen LogP contribution in [0.4, 0.5) is 11.4 Å². The molecule has 2 N–H and O–H groups in total. The van der Waals surface area contributed by atoms with Crippen LogP contribution in [0.2, 0.25) is 5.02 Å². The first-order valence-corrected chi connectivity index (χ1v) is 7.83. The molecule has 2 aromatic carbocycles. The van der Waals surface area contributed by atoms with E-state index in [4.69, 9.17) is 17.3 Å². The van der Waals surface area contributed by atoms with Crippen molar-refractivity contribution in [3.05, 3.63) is 57.5 Å². The molecule has 0 spiro atoms. The number of carbonyl (C=O) groups excluding carboxylic acids is 1. The zero-order chi connectivity index (χ0) is 15.4. The third-order valence-corrected chi connectivity index (χ3v) is 4.40. The van der Waals surface area contributed by atoms with Gasteiger partial charge in [0.25, 0.3) is 5.91 Å². The maximum Gasteiger partial charge on any atom is 0.259 e. The van der Waals surface area contributed by atoms with E-state index >= 15 is 0 Å². The lowest BCUT2D eigenvalue weighted by Crippen LogP contribution is -2.32. The minimum absolute atomic E-state index is 0.152. The van der Waals surface area contributed by atoms with Gasteiger partial charge < -0.3 is 10.6 Å². The summed E-state index contributed by atoms with van der Waals surface area (Å²) in [4.78, 5) is 14.5. The van der Waals surface area contributed by atoms with Gasteiger partial charge in [-0.3, -0.25) is 4.79 Å². The third kappa shape index (κ3) is 3.39. The van der Waals surface area contributed by atoms with Crippen LogP contribution in [0.25, 0.3) is 0 Å². The number of carbonyl (C=O) groups is 1. The molecule has 21 heavy (non-hydrogen) atoms. The van der Waals surface area contributed by atoms with Crippen LogP contribution in [0, 0.1) is 0 Å². The first-order valence-electron chi connectivity index (χ1n) is 6.66. The Bertz CT molecular complexity index is 660. The van der Waals surface area contributed by atoms with Gasteiger partial charge in [-0.2, -0.15) is 0 Å². The number of rotatable bonds is 4. The Kier molecular flexibility index (Phi) is 5.26. The second-order valence-corrected chi connectivity index (χ2v) is 5.85. The van der Waals surface area contributed by atoms with Gasteiger partial charge in [0.15, 0.2) is 0 Å². The van der Waals surface area contributed by atoms with E-state index in [2.05, 4.69) is 15.9 Å². The minimum atomic E-state index is -0.152. The molecule has 0 bridgehead atoms. The molecule has 1 amide bonds. The largest absolute Gasteiger partial charge is 0.397 e. The predicted molar refractivity (Wildman–Crippen MR) is 92.0 cm³/mol. The SMILES string of the molecule is CCCN(C(=O)c1cccc(Br)c1Cl)c1ccccc1N. The molecule has 0 fully saturated rings. The van der Waals surface area contributed by atoms with Crippen LogP contribution in [-0.2, 0) is 0 Å². The first kappa shape index (κ1) is 15.9. The van der Waals surface area contributed by atoms with E-state index in [1.54, 1.807) is 29.2 Å². The van der Waals surface area contributed by atoms with Crippen molar-refractivity contribution in [2.75, 3.05) is 17.2 Å². The molecule has 2 aromatic rings. The number of amides is 1. The van der Waals surface area contributed by atoms with Crippen LogP contribution < -0.4 is 10.6 Å². The fourth-order valence-corrected chi connectivity index (χ4v) is 2.68. The number of nitrogens with zero attached hydrogens (tertiary/aromatic N) is 1. The Balaban J connectivity index is 2.46. The summed E-state index contributed by atoms with van der Waals surface area (Å²) >= 11 is 9.58. The van der Waals surface area contributed by atoms with Crippen molar-refractivity contribution in [3.63, 3.8) is 0 Å². The molecule has 0 aliphatic carbocycles.